The fraction of sp³-hybridized carbons (Fsp3) is 0.889. The number of amides is 1. The molecule has 0 aliphatic rings. The third-order valence-electron chi connectivity index (χ3n) is 2.37. The van der Waals surface area contributed by atoms with Crippen molar-refractivity contribution < 1.29 is 9.53 Å². The van der Waals surface area contributed by atoms with Gasteiger partial charge in [-0.25, -0.2) is 0 Å². The number of nitrogens with two attached hydrogens (primary N) is 1. The van der Waals surface area contributed by atoms with Crippen LogP contribution in [0.25, 0.3) is 0 Å². The predicted octanol–water partition coefficient (Wildman–Crippen LogP) is 0.217. The van der Waals surface area contributed by atoms with Gasteiger partial charge < -0.3 is 15.4 Å². The van der Waals surface area contributed by atoms with Gasteiger partial charge in [-0.3, -0.25) is 4.79 Å². The molecule has 2 N–H and O–H groups in total. The first-order valence-corrected chi connectivity index (χ1v) is 4.57. The topological polar surface area (TPSA) is 55.6 Å². The van der Waals surface area contributed by atoms with E-state index in [1.54, 1.807) is 11.9 Å². The van der Waals surface area contributed by atoms with Gasteiger partial charge in [0.05, 0.1) is 0 Å². The van der Waals surface area contributed by atoms with Gasteiger partial charge >= 0.3 is 0 Å². The quantitative estimate of drug-likeness (QED) is 0.671. The molecule has 2 atom stereocenters. The molecule has 0 aliphatic carbocycles. The number of ether oxygens (including phenoxy) is 1. The third-order valence-corrected chi connectivity index (χ3v) is 2.37. The van der Waals surface area contributed by atoms with Gasteiger partial charge in [0, 0.05) is 26.7 Å². The molecule has 0 aromatic rings. The minimum absolute atomic E-state index is 0.0423. The maximum atomic E-state index is 11.6. The first-order valence-electron chi connectivity index (χ1n) is 4.57. The lowest BCUT2D eigenvalue weighted by Crippen LogP contribution is -2.45. The maximum absolute atomic E-state index is 11.6. The molecule has 78 valence electrons. The number of carbonyl (C=O) groups excluding carboxylic acids is 1. The smallest absolute Gasteiger partial charge is 0.252 e. The van der Waals surface area contributed by atoms with E-state index in [4.69, 9.17) is 10.5 Å². The molecule has 0 heterocycles. The Morgan fingerprint density at radius 2 is 2.15 bits per heavy atom. The summed E-state index contributed by atoms with van der Waals surface area (Å²) in [6, 6.07) is 0.233. The van der Waals surface area contributed by atoms with E-state index in [-0.39, 0.29) is 18.5 Å². The van der Waals surface area contributed by atoms with Crippen molar-refractivity contribution in [2.75, 3.05) is 20.7 Å². The molecule has 4 nitrogen and oxygen atoms in total. The molecule has 0 radical (unpaired) electrons. The van der Waals surface area contributed by atoms with Crippen LogP contribution in [0.4, 0.5) is 0 Å². The first-order chi connectivity index (χ1) is 6.08. The van der Waals surface area contributed by atoms with Gasteiger partial charge in [-0.1, -0.05) is 6.92 Å². The summed E-state index contributed by atoms with van der Waals surface area (Å²) in [6.45, 7) is 4.27. The summed E-state index contributed by atoms with van der Waals surface area (Å²) >= 11 is 0. The minimum atomic E-state index is -0.501. The summed E-state index contributed by atoms with van der Waals surface area (Å²) in [5.74, 6) is -0.0423. The van der Waals surface area contributed by atoms with E-state index in [9.17, 15) is 4.79 Å². The van der Waals surface area contributed by atoms with Crippen molar-refractivity contribution in [3.05, 3.63) is 0 Å². The monoisotopic (exact) mass is 188 g/mol. The summed E-state index contributed by atoms with van der Waals surface area (Å²) in [7, 11) is 3.28. The lowest BCUT2D eigenvalue weighted by molar-refractivity contribution is -0.141. The Hall–Kier alpha value is -0.610. The number of likely N-dealkylation sites (N-methyl/N-ethyl adjacent to an activating group) is 1. The molecule has 13 heavy (non-hydrogen) atoms. The second-order valence-corrected chi connectivity index (χ2v) is 3.17. The Bertz CT molecular complexity index is 158. The fourth-order valence-corrected chi connectivity index (χ4v) is 1.02. The molecule has 0 saturated heterocycles. The maximum Gasteiger partial charge on any atom is 0.252 e. The van der Waals surface area contributed by atoms with Crippen molar-refractivity contribution in [1.82, 2.24) is 4.90 Å². The molecule has 0 aliphatic heterocycles. The lowest BCUT2D eigenvalue weighted by atomic mass is 10.2. The third kappa shape index (κ3) is 3.32. The Morgan fingerprint density at radius 3 is 2.46 bits per heavy atom. The van der Waals surface area contributed by atoms with E-state index in [1.165, 1.54) is 7.11 Å². The molecule has 1 amide bonds. The van der Waals surface area contributed by atoms with Crippen LogP contribution in [-0.4, -0.2) is 43.7 Å². The van der Waals surface area contributed by atoms with Crippen LogP contribution in [0.5, 0.6) is 0 Å². The second-order valence-electron chi connectivity index (χ2n) is 3.17. The van der Waals surface area contributed by atoms with Crippen LogP contribution < -0.4 is 5.73 Å². The molecule has 0 bridgehead atoms. The fourth-order valence-electron chi connectivity index (χ4n) is 1.02. The van der Waals surface area contributed by atoms with Crippen molar-refractivity contribution in [1.29, 1.82) is 0 Å². The highest BCUT2D eigenvalue weighted by Gasteiger charge is 2.22. The van der Waals surface area contributed by atoms with Crippen molar-refractivity contribution >= 4 is 5.91 Å². The summed E-state index contributed by atoms with van der Waals surface area (Å²) in [5.41, 5.74) is 5.39. The van der Waals surface area contributed by atoms with Gasteiger partial charge in [-0.2, -0.15) is 0 Å². The van der Waals surface area contributed by atoms with E-state index in [2.05, 4.69) is 0 Å². The van der Waals surface area contributed by atoms with Crippen LogP contribution in [0.3, 0.4) is 0 Å². The molecule has 0 spiro atoms. The molecule has 0 aromatic carbocycles. The van der Waals surface area contributed by atoms with E-state index < -0.39 is 6.10 Å². The highest BCUT2D eigenvalue weighted by atomic mass is 16.5. The van der Waals surface area contributed by atoms with Gasteiger partial charge in [0.25, 0.3) is 5.91 Å². The predicted molar refractivity (Wildman–Crippen MR) is 52.4 cm³/mol. The molecule has 2 unspecified atom stereocenters. The van der Waals surface area contributed by atoms with Crippen molar-refractivity contribution in [3.8, 4) is 0 Å². The van der Waals surface area contributed by atoms with Crippen LogP contribution in [-0.2, 0) is 9.53 Å². The van der Waals surface area contributed by atoms with Gasteiger partial charge in [0.1, 0.15) is 6.10 Å². The van der Waals surface area contributed by atoms with Crippen LogP contribution in [0, 0.1) is 0 Å². The van der Waals surface area contributed by atoms with Crippen molar-refractivity contribution in [2.45, 2.75) is 32.4 Å². The minimum Gasteiger partial charge on any atom is -0.370 e. The summed E-state index contributed by atoms with van der Waals surface area (Å²) in [5, 5.41) is 0. The summed E-state index contributed by atoms with van der Waals surface area (Å²) in [6.07, 6.45) is 0.433. The summed E-state index contributed by atoms with van der Waals surface area (Å²) < 4.78 is 4.96. The number of hydrogen-bond donors (Lipinski definition) is 1. The molecule has 4 heteroatoms. The van der Waals surface area contributed by atoms with E-state index in [0.717, 1.165) is 6.42 Å². The molecule has 0 saturated carbocycles. The zero-order valence-electron chi connectivity index (χ0n) is 8.91. The van der Waals surface area contributed by atoms with Crippen molar-refractivity contribution in [3.63, 3.8) is 0 Å². The number of nitrogens with zero attached hydrogens (tertiary/aromatic N) is 1. The van der Waals surface area contributed by atoms with Crippen LogP contribution >= 0.6 is 0 Å². The average Bonchev–Trinajstić information content (AvgIpc) is 2.17. The standard InChI is InChI=1S/C9H20N2O2/c1-5-7(2)11(3)9(12)8(6-10)13-4/h7-8H,5-6,10H2,1-4H3. The van der Waals surface area contributed by atoms with E-state index in [1.807, 2.05) is 13.8 Å². The number of hydrogen-bond acceptors (Lipinski definition) is 3. The molecule has 0 fully saturated rings. The van der Waals surface area contributed by atoms with Crippen LogP contribution in [0.1, 0.15) is 20.3 Å². The Labute approximate surface area is 80.0 Å². The number of rotatable bonds is 5. The number of carbonyl (C=O) groups is 1. The average molecular weight is 188 g/mol. The summed E-state index contributed by atoms with van der Waals surface area (Å²) in [4.78, 5) is 13.3. The van der Waals surface area contributed by atoms with E-state index in [0.29, 0.717) is 0 Å². The second kappa shape index (κ2) is 5.94. The van der Waals surface area contributed by atoms with Crippen LogP contribution in [0.2, 0.25) is 0 Å². The van der Waals surface area contributed by atoms with E-state index >= 15 is 0 Å². The Balaban J connectivity index is 4.22. The first kappa shape index (κ1) is 12.4. The Kier molecular flexibility index (Phi) is 5.66. The largest absolute Gasteiger partial charge is 0.370 e. The van der Waals surface area contributed by atoms with Crippen LogP contribution in [0.15, 0.2) is 0 Å². The highest BCUT2D eigenvalue weighted by Crippen LogP contribution is 2.03. The van der Waals surface area contributed by atoms with Gasteiger partial charge in [-0.15, -0.1) is 0 Å². The molecular formula is C9H20N2O2. The molecule has 0 aromatic heterocycles. The van der Waals surface area contributed by atoms with Gasteiger partial charge in [0.15, 0.2) is 0 Å². The zero-order chi connectivity index (χ0) is 10.4. The van der Waals surface area contributed by atoms with Gasteiger partial charge in [0.2, 0.25) is 0 Å². The molecule has 0 rings (SSSR count). The SMILES string of the molecule is CCC(C)N(C)C(=O)C(CN)OC. The van der Waals surface area contributed by atoms with Crippen molar-refractivity contribution in [2.24, 2.45) is 5.73 Å². The number of methoxy groups -OCH3 is 1. The lowest BCUT2D eigenvalue weighted by Gasteiger charge is -2.27. The van der Waals surface area contributed by atoms with Gasteiger partial charge in [-0.05, 0) is 13.3 Å². The Morgan fingerprint density at radius 1 is 1.62 bits per heavy atom. The highest BCUT2D eigenvalue weighted by molar-refractivity contribution is 5.81. The molecular weight excluding hydrogens is 168 g/mol. The normalized spacial score (nSPS) is 15.2. The zero-order valence-corrected chi connectivity index (χ0v) is 8.91.